The molecule has 0 radical (unpaired) electrons. The summed E-state index contributed by atoms with van der Waals surface area (Å²) in [4.78, 5) is 43.7. The first-order valence-electron chi connectivity index (χ1n) is 8.31. The van der Waals surface area contributed by atoms with Gasteiger partial charge < -0.3 is 10.1 Å². The third-order valence-electron chi connectivity index (χ3n) is 4.15. The number of amides is 1. The van der Waals surface area contributed by atoms with Gasteiger partial charge in [-0.25, -0.2) is 4.98 Å². The second kappa shape index (κ2) is 8.01. The van der Waals surface area contributed by atoms with Crippen LogP contribution in [0.4, 0.5) is 0 Å². The molecule has 1 amide bonds. The number of fused-ring (bicyclic) bond motifs is 1. The van der Waals surface area contributed by atoms with Gasteiger partial charge in [0.15, 0.2) is 6.10 Å². The van der Waals surface area contributed by atoms with Crippen LogP contribution in [0.2, 0.25) is 0 Å². The molecule has 0 bridgehead atoms. The number of esters is 1. The molecular weight excluding hydrogens is 386 g/mol. The summed E-state index contributed by atoms with van der Waals surface area (Å²) >= 11 is 2.98. The summed E-state index contributed by atoms with van der Waals surface area (Å²) in [6, 6.07) is 3.81. The number of carbonyl (C=O) groups excluding carboxylic acids is 2. The molecule has 3 aromatic heterocycles. The molecule has 3 heterocycles. The van der Waals surface area contributed by atoms with E-state index in [9.17, 15) is 14.4 Å². The largest absolute Gasteiger partial charge is 0.451 e. The normalized spacial score (nSPS) is 12.1. The average Bonchev–Trinajstić information content (AvgIpc) is 3.24. The Bertz CT molecular complexity index is 1040. The molecule has 0 aliphatic rings. The highest BCUT2D eigenvalue weighted by Crippen LogP contribution is 2.25. The van der Waals surface area contributed by atoms with Crippen molar-refractivity contribution in [1.29, 1.82) is 0 Å². The van der Waals surface area contributed by atoms with Gasteiger partial charge in [0.1, 0.15) is 11.4 Å². The first kappa shape index (κ1) is 19.2. The van der Waals surface area contributed by atoms with Gasteiger partial charge in [-0.15, -0.1) is 22.7 Å². The molecule has 3 rings (SSSR count). The number of hydrogen-bond acceptors (Lipinski definition) is 7. The lowest BCUT2D eigenvalue weighted by atomic mass is 10.2. The lowest BCUT2D eigenvalue weighted by Crippen LogP contribution is -2.36. The van der Waals surface area contributed by atoms with Crippen LogP contribution in [0.1, 0.15) is 22.2 Å². The maximum absolute atomic E-state index is 12.6. The van der Waals surface area contributed by atoms with Gasteiger partial charge in [-0.2, -0.15) is 0 Å². The van der Waals surface area contributed by atoms with Crippen LogP contribution in [0.15, 0.2) is 28.6 Å². The van der Waals surface area contributed by atoms with Crippen LogP contribution < -0.4 is 10.9 Å². The minimum atomic E-state index is -0.949. The van der Waals surface area contributed by atoms with E-state index in [0.29, 0.717) is 16.8 Å². The summed E-state index contributed by atoms with van der Waals surface area (Å²) in [5.74, 6) is -1.05. The predicted octanol–water partition coefficient (Wildman–Crippen LogP) is 2.38. The van der Waals surface area contributed by atoms with E-state index in [0.717, 1.165) is 15.3 Å². The van der Waals surface area contributed by atoms with Gasteiger partial charge in [0.05, 0.1) is 18.3 Å². The van der Waals surface area contributed by atoms with Crippen molar-refractivity contribution in [3.63, 3.8) is 0 Å². The molecule has 0 saturated heterocycles. The van der Waals surface area contributed by atoms with E-state index >= 15 is 0 Å². The minimum absolute atomic E-state index is 0.284. The van der Waals surface area contributed by atoms with E-state index in [1.165, 1.54) is 40.5 Å². The highest BCUT2D eigenvalue weighted by atomic mass is 32.1. The monoisotopic (exact) mass is 405 g/mol. The molecule has 1 N–H and O–H groups in total. The van der Waals surface area contributed by atoms with Crippen molar-refractivity contribution < 1.29 is 14.3 Å². The number of ether oxygens (including phenoxy) is 1. The number of carbonyl (C=O) groups is 2. The van der Waals surface area contributed by atoms with Crippen molar-refractivity contribution in [1.82, 2.24) is 14.9 Å². The Balaban J connectivity index is 1.62. The molecule has 0 spiro atoms. The highest BCUT2D eigenvalue weighted by molar-refractivity contribution is 7.18. The minimum Gasteiger partial charge on any atom is -0.451 e. The van der Waals surface area contributed by atoms with Gasteiger partial charge in [-0.1, -0.05) is 6.07 Å². The maximum atomic E-state index is 12.6. The molecule has 9 heteroatoms. The molecule has 0 saturated carbocycles. The van der Waals surface area contributed by atoms with E-state index in [1.807, 2.05) is 31.4 Å². The van der Waals surface area contributed by atoms with E-state index in [-0.39, 0.29) is 18.0 Å². The van der Waals surface area contributed by atoms with Gasteiger partial charge in [0, 0.05) is 9.75 Å². The Morgan fingerprint density at radius 3 is 2.85 bits per heavy atom. The number of thiophene rings is 2. The van der Waals surface area contributed by atoms with Crippen LogP contribution in [0.5, 0.6) is 0 Å². The van der Waals surface area contributed by atoms with Crippen molar-refractivity contribution in [2.45, 2.75) is 40.0 Å². The SMILES string of the molecule is Cc1sc2ncn(CC(=O)O[C@H](C)C(=O)NCc3cccs3)c(=O)c2c1C. The maximum Gasteiger partial charge on any atom is 0.326 e. The summed E-state index contributed by atoms with van der Waals surface area (Å²) in [6.07, 6.45) is 0.387. The Labute approximate surface area is 163 Å². The third kappa shape index (κ3) is 4.25. The van der Waals surface area contributed by atoms with Crippen molar-refractivity contribution in [2.24, 2.45) is 0 Å². The molecule has 0 unspecified atom stereocenters. The molecule has 7 nitrogen and oxygen atoms in total. The van der Waals surface area contributed by atoms with Crippen molar-refractivity contribution in [2.75, 3.05) is 0 Å². The number of aryl methyl sites for hydroxylation is 2. The number of aromatic nitrogens is 2. The summed E-state index contributed by atoms with van der Waals surface area (Å²) < 4.78 is 6.36. The standard InChI is InChI=1S/C18H19N3O4S2/c1-10-12(3)27-17-15(10)18(24)21(9-20-17)8-14(22)25-11(2)16(23)19-7-13-5-4-6-26-13/h4-6,9,11H,7-8H2,1-3H3,(H,19,23)/t11-/m1/s1. The van der Waals surface area contributed by atoms with Crippen LogP contribution >= 0.6 is 22.7 Å². The van der Waals surface area contributed by atoms with Crippen LogP contribution in [0, 0.1) is 13.8 Å². The van der Waals surface area contributed by atoms with Crippen LogP contribution in [-0.2, 0) is 27.4 Å². The molecule has 0 aliphatic carbocycles. The van der Waals surface area contributed by atoms with Crippen molar-refractivity contribution in [3.05, 3.63) is 49.5 Å². The van der Waals surface area contributed by atoms with E-state index in [2.05, 4.69) is 10.3 Å². The average molecular weight is 406 g/mol. The Morgan fingerprint density at radius 2 is 2.15 bits per heavy atom. The predicted molar refractivity (Wildman–Crippen MR) is 105 cm³/mol. The molecule has 0 fully saturated rings. The fourth-order valence-electron chi connectivity index (χ4n) is 2.54. The van der Waals surface area contributed by atoms with E-state index < -0.39 is 12.1 Å². The van der Waals surface area contributed by atoms with Crippen LogP contribution in [0.3, 0.4) is 0 Å². The Kier molecular flexibility index (Phi) is 5.71. The second-order valence-electron chi connectivity index (χ2n) is 6.07. The molecule has 3 aromatic rings. The molecule has 142 valence electrons. The smallest absolute Gasteiger partial charge is 0.326 e. The van der Waals surface area contributed by atoms with Gasteiger partial charge in [-0.3, -0.25) is 19.0 Å². The summed E-state index contributed by atoms with van der Waals surface area (Å²) in [7, 11) is 0. The first-order valence-corrected chi connectivity index (χ1v) is 10.0. The fourth-order valence-corrected chi connectivity index (χ4v) is 4.17. The zero-order chi connectivity index (χ0) is 19.6. The lowest BCUT2D eigenvalue weighted by molar-refractivity contribution is -0.155. The summed E-state index contributed by atoms with van der Waals surface area (Å²) in [5.41, 5.74) is 0.588. The number of hydrogen-bond donors (Lipinski definition) is 1. The van der Waals surface area contributed by atoms with Gasteiger partial charge >= 0.3 is 5.97 Å². The summed E-state index contributed by atoms with van der Waals surface area (Å²) in [5, 5.41) is 5.16. The topological polar surface area (TPSA) is 90.3 Å². The number of nitrogens with zero attached hydrogens (tertiary/aromatic N) is 2. The second-order valence-corrected chi connectivity index (χ2v) is 8.31. The molecular formula is C18H19N3O4S2. The Morgan fingerprint density at radius 1 is 1.37 bits per heavy atom. The fraction of sp³-hybridized carbons (Fsp3) is 0.333. The van der Waals surface area contributed by atoms with Gasteiger partial charge in [-0.05, 0) is 37.8 Å². The number of rotatable bonds is 6. The zero-order valence-electron chi connectivity index (χ0n) is 15.1. The molecule has 1 atom stereocenters. The molecule has 27 heavy (non-hydrogen) atoms. The quantitative estimate of drug-likeness (QED) is 0.636. The van der Waals surface area contributed by atoms with Crippen LogP contribution in [0.25, 0.3) is 10.2 Å². The van der Waals surface area contributed by atoms with Gasteiger partial charge in [0.2, 0.25) is 0 Å². The summed E-state index contributed by atoms with van der Waals surface area (Å²) in [6.45, 7) is 5.38. The highest BCUT2D eigenvalue weighted by Gasteiger charge is 2.19. The number of nitrogens with one attached hydrogen (secondary N) is 1. The van der Waals surface area contributed by atoms with Gasteiger partial charge in [0.25, 0.3) is 11.5 Å². The van der Waals surface area contributed by atoms with Crippen molar-refractivity contribution in [3.8, 4) is 0 Å². The molecule has 0 aliphatic heterocycles. The lowest BCUT2D eigenvalue weighted by Gasteiger charge is -2.13. The zero-order valence-corrected chi connectivity index (χ0v) is 16.8. The van der Waals surface area contributed by atoms with Crippen LogP contribution in [-0.4, -0.2) is 27.5 Å². The third-order valence-corrected chi connectivity index (χ3v) is 6.14. The van der Waals surface area contributed by atoms with Crippen molar-refractivity contribution >= 4 is 44.8 Å². The van der Waals surface area contributed by atoms with E-state index in [1.54, 1.807) is 0 Å². The Hall–Kier alpha value is -2.52. The first-order chi connectivity index (χ1) is 12.9. The molecule has 0 aromatic carbocycles. The van der Waals surface area contributed by atoms with E-state index in [4.69, 9.17) is 4.74 Å².